The van der Waals surface area contributed by atoms with E-state index in [-0.39, 0.29) is 18.1 Å². The fraction of sp³-hybridized carbons (Fsp3) is 0.714. The third-order valence-corrected chi connectivity index (χ3v) is 9.73. The zero-order chi connectivity index (χ0) is 26.8. The van der Waals surface area contributed by atoms with Crippen molar-refractivity contribution in [2.75, 3.05) is 6.61 Å². The molecule has 1 N–H and O–H groups in total. The van der Waals surface area contributed by atoms with E-state index in [1.165, 1.54) is 19.1 Å². The highest BCUT2D eigenvalue weighted by molar-refractivity contribution is 6.01. The molecule has 8 heteroatoms. The molecule has 7 nitrogen and oxygen atoms in total. The van der Waals surface area contributed by atoms with E-state index in [2.05, 4.69) is 0 Å². The Hall–Kier alpha value is -2.35. The lowest BCUT2D eigenvalue weighted by Gasteiger charge is -2.62. The van der Waals surface area contributed by atoms with Crippen LogP contribution >= 0.6 is 0 Å². The predicted octanol–water partition coefficient (Wildman–Crippen LogP) is 3.67. The summed E-state index contributed by atoms with van der Waals surface area (Å²) in [7, 11) is 0. The molecule has 8 atom stereocenters. The minimum absolute atomic E-state index is 0.114. The van der Waals surface area contributed by atoms with Gasteiger partial charge in [0.05, 0.1) is 12.0 Å². The maximum atomic E-state index is 17.4. The zero-order valence-corrected chi connectivity index (χ0v) is 21.9. The minimum Gasteiger partial charge on any atom is -0.458 e. The molecule has 0 radical (unpaired) electrons. The molecular weight excluding hydrogens is 467 g/mol. The van der Waals surface area contributed by atoms with Gasteiger partial charge in [0, 0.05) is 29.6 Å². The number of ether oxygens (including phenoxy) is 2. The van der Waals surface area contributed by atoms with Crippen molar-refractivity contribution >= 4 is 23.5 Å². The first-order chi connectivity index (χ1) is 16.6. The van der Waals surface area contributed by atoms with Gasteiger partial charge in [-0.1, -0.05) is 39.3 Å². The Labute approximate surface area is 211 Å². The van der Waals surface area contributed by atoms with Crippen LogP contribution in [0.15, 0.2) is 23.8 Å². The van der Waals surface area contributed by atoms with E-state index in [1.807, 2.05) is 6.92 Å². The number of aliphatic hydroxyl groups excluding tert-OH is 1. The summed E-state index contributed by atoms with van der Waals surface area (Å²) in [5, 5.41) is 11.5. The molecule has 0 aromatic heterocycles. The standard InChI is InChI=1S/C28H37FO7/c1-15(2)24(34)36-28(23(33)14-35-17(4)30)16(3)11-21-20-8-7-18-12-19(31)9-10-25(18,5)27(20,29)22(32)13-26(21,28)6/h9-10,12,15-16,20-22,32H,7-8,11,13-14H2,1-6H3/t16-,20+,21+,22+,25+,26+,27+,28-/m1/s1. The monoisotopic (exact) mass is 504 g/mol. The lowest BCUT2D eigenvalue weighted by Crippen LogP contribution is -2.70. The van der Waals surface area contributed by atoms with Gasteiger partial charge in [0.25, 0.3) is 0 Å². The third kappa shape index (κ3) is 3.39. The van der Waals surface area contributed by atoms with Crippen LogP contribution in [0.1, 0.15) is 67.2 Å². The number of rotatable bonds is 5. The zero-order valence-electron chi connectivity index (χ0n) is 21.9. The van der Waals surface area contributed by atoms with Gasteiger partial charge in [-0.25, -0.2) is 4.39 Å². The molecule has 3 fully saturated rings. The molecule has 0 heterocycles. The van der Waals surface area contributed by atoms with Crippen LogP contribution in [-0.2, 0) is 28.7 Å². The quantitative estimate of drug-likeness (QED) is 0.569. The molecule has 0 amide bonds. The maximum absolute atomic E-state index is 17.4. The van der Waals surface area contributed by atoms with Crippen molar-refractivity contribution in [3.05, 3.63) is 23.8 Å². The summed E-state index contributed by atoms with van der Waals surface area (Å²) in [5.74, 6) is -3.95. The number of ketones is 2. The molecule has 4 aliphatic carbocycles. The van der Waals surface area contributed by atoms with Crippen LogP contribution in [0.3, 0.4) is 0 Å². The number of halogens is 1. The number of alkyl halides is 1. The molecule has 4 aliphatic rings. The summed E-state index contributed by atoms with van der Waals surface area (Å²) in [5.41, 5.74) is -5.30. The smallest absolute Gasteiger partial charge is 0.309 e. The molecule has 0 aliphatic heterocycles. The van der Waals surface area contributed by atoms with Crippen LogP contribution < -0.4 is 0 Å². The van der Waals surface area contributed by atoms with Crippen molar-refractivity contribution in [2.45, 2.75) is 84.6 Å². The molecule has 0 unspecified atom stereocenters. The van der Waals surface area contributed by atoms with E-state index in [1.54, 1.807) is 33.8 Å². The van der Waals surface area contributed by atoms with Gasteiger partial charge in [-0.3, -0.25) is 19.2 Å². The maximum Gasteiger partial charge on any atom is 0.309 e. The average molecular weight is 505 g/mol. The number of fused-ring (bicyclic) bond motifs is 5. The van der Waals surface area contributed by atoms with Crippen LogP contribution in [0.4, 0.5) is 4.39 Å². The molecule has 0 aromatic carbocycles. The lowest BCUT2D eigenvalue weighted by molar-refractivity contribution is -0.229. The number of carbonyl (C=O) groups excluding carboxylic acids is 4. The van der Waals surface area contributed by atoms with Crippen LogP contribution in [0, 0.1) is 34.5 Å². The van der Waals surface area contributed by atoms with Crippen molar-refractivity contribution in [1.82, 2.24) is 0 Å². The second kappa shape index (κ2) is 8.61. The van der Waals surface area contributed by atoms with Gasteiger partial charge in [0.2, 0.25) is 5.78 Å². The number of hydrogen-bond donors (Lipinski definition) is 1. The van der Waals surface area contributed by atoms with Crippen LogP contribution in [0.5, 0.6) is 0 Å². The number of hydrogen-bond acceptors (Lipinski definition) is 7. The molecule has 0 saturated heterocycles. The fourth-order valence-electron chi connectivity index (χ4n) is 7.95. The van der Waals surface area contributed by atoms with Crippen molar-refractivity contribution in [1.29, 1.82) is 0 Å². The predicted molar refractivity (Wildman–Crippen MR) is 128 cm³/mol. The Kier molecular flexibility index (Phi) is 6.38. The van der Waals surface area contributed by atoms with E-state index in [9.17, 15) is 24.3 Å². The first kappa shape index (κ1) is 26.7. The van der Waals surface area contributed by atoms with Gasteiger partial charge < -0.3 is 14.6 Å². The molecule has 198 valence electrons. The number of carbonyl (C=O) groups is 4. The van der Waals surface area contributed by atoms with Crippen LogP contribution in [-0.4, -0.2) is 52.6 Å². The number of esters is 2. The first-order valence-corrected chi connectivity index (χ1v) is 12.9. The Balaban J connectivity index is 1.83. The van der Waals surface area contributed by atoms with Crippen LogP contribution in [0.2, 0.25) is 0 Å². The van der Waals surface area contributed by atoms with E-state index in [0.717, 1.165) is 0 Å². The van der Waals surface area contributed by atoms with Gasteiger partial charge in [0.15, 0.2) is 23.7 Å². The lowest BCUT2D eigenvalue weighted by atomic mass is 9.44. The Morgan fingerprint density at radius 3 is 2.50 bits per heavy atom. The number of allylic oxidation sites excluding steroid dienone is 4. The molecule has 0 bridgehead atoms. The SMILES string of the molecule is CC(=O)OCC(=O)[C@]1(OC(=O)C(C)C)[C@H](C)C[C@H]2[C@@H]3CCC4=CC(=O)C=C[C@]4(C)[C@@]3(F)[C@@H](O)C[C@@]21C. The van der Waals surface area contributed by atoms with Gasteiger partial charge in [-0.2, -0.15) is 0 Å². The summed E-state index contributed by atoms with van der Waals surface area (Å²) in [4.78, 5) is 50.3. The second-order valence-electron chi connectivity index (χ2n) is 11.9. The summed E-state index contributed by atoms with van der Waals surface area (Å²) in [6.45, 7) is 9.31. The first-order valence-electron chi connectivity index (χ1n) is 12.9. The van der Waals surface area contributed by atoms with Crippen molar-refractivity contribution in [3.8, 4) is 0 Å². The Morgan fingerprint density at radius 1 is 1.22 bits per heavy atom. The van der Waals surface area contributed by atoms with E-state index in [0.29, 0.717) is 24.8 Å². The van der Waals surface area contributed by atoms with Crippen molar-refractivity contribution in [2.24, 2.45) is 34.5 Å². The van der Waals surface area contributed by atoms with Gasteiger partial charge in [-0.05, 0) is 50.7 Å². The van der Waals surface area contributed by atoms with Crippen molar-refractivity contribution < 1.29 is 38.1 Å². The van der Waals surface area contributed by atoms with E-state index in [4.69, 9.17) is 9.47 Å². The topological polar surface area (TPSA) is 107 Å². The molecule has 36 heavy (non-hydrogen) atoms. The summed E-state index contributed by atoms with van der Waals surface area (Å²) < 4.78 is 28.5. The van der Waals surface area contributed by atoms with E-state index >= 15 is 4.39 Å². The van der Waals surface area contributed by atoms with Gasteiger partial charge in [-0.15, -0.1) is 0 Å². The molecule has 0 aromatic rings. The molecular formula is C28H37FO7. The summed E-state index contributed by atoms with van der Waals surface area (Å²) >= 11 is 0. The normalized spacial score (nSPS) is 43.2. The number of Topliss-reactive ketones (excluding diaryl/α,β-unsaturated/α-hetero) is 1. The molecule has 4 rings (SSSR count). The minimum atomic E-state index is -2.06. The summed E-state index contributed by atoms with van der Waals surface area (Å²) in [6.07, 6.45) is 4.14. The van der Waals surface area contributed by atoms with Gasteiger partial charge in [0.1, 0.15) is 0 Å². The Bertz CT molecular complexity index is 1060. The Morgan fingerprint density at radius 2 is 1.89 bits per heavy atom. The van der Waals surface area contributed by atoms with E-state index < -0.39 is 70.3 Å². The highest BCUT2D eigenvalue weighted by Crippen LogP contribution is 2.71. The van der Waals surface area contributed by atoms with Crippen LogP contribution in [0.25, 0.3) is 0 Å². The third-order valence-electron chi connectivity index (χ3n) is 9.73. The number of aliphatic hydroxyl groups is 1. The fourth-order valence-corrected chi connectivity index (χ4v) is 7.95. The van der Waals surface area contributed by atoms with Gasteiger partial charge >= 0.3 is 11.9 Å². The molecule has 3 saturated carbocycles. The summed E-state index contributed by atoms with van der Waals surface area (Å²) in [6, 6.07) is 0. The highest BCUT2D eigenvalue weighted by atomic mass is 19.1. The van der Waals surface area contributed by atoms with Crippen molar-refractivity contribution in [3.63, 3.8) is 0 Å². The molecule has 0 spiro atoms. The largest absolute Gasteiger partial charge is 0.458 e. The second-order valence-corrected chi connectivity index (χ2v) is 11.9. The average Bonchev–Trinajstić information content (AvgIpc) is 3.00. The highest BCUT2D eigenvalue weighted by Gasteiger charge is 2.77.